The fourth-order valence-corrected chi connectivity index (χ4v) is 5.00. The number of H-pyrrole nitrogens is 1. The molecule has 2 aliphatic rings. The third-order valence-electron chi connectivity index (χ3n) is 6.80. The van der Waals surface area contributed by atoms with Crippen LogP contribution in [0.5, 0.6) is 11.5 Å². The van der Waals surface area contributed by atoms with Gasteiger partial charge >= 0.3 is 0 Å². The number of nitrogens with zero attached hydrogens (tertiary/aromatic N) is 1. The molecule has 4 aromatic rings. The maximum Gasteiger partial charge on any atom is 0.164 e. The van der Waals surface area contributed by atoms with Crippen molar-refractivity contribution in [1.82, 2.24) is 9.88 Å². The number of carbonyl (C=O) groups excluding carboxylic acids is 1. The molecule has 1 fully saturated rings. The van der Waals surface area contributed by atoms with Crippen molar-refractivity contribution < 1.29 is 14.3 Å². The van der Waals surface area contributed by atoms with E-state index in [9.17, 15) is 4.79 Å². The van der Waals surface area contributed by atoms with Crippen molar-refractivity contribution in [2.45, 2.75) is 18.8 Å². The molecular formula is C27H26N2O3. The van der Waals surface area contributed by atoms with Gasteiger partial charge < -0.3 is 19.4 Å². The van der Waals surface area contributed by atoms with Gasteiger partial charge in [-0.2, -0.15) is 0 Å². The SMILES string of the molecule is O=C(CCN1CCC(c2ccc3[nH]ccc3c2)C1)c1ccc2cc3c(cc2c1)OCCO3. The predicted molar refractivity (Wildman–Crippen MR) is 126 cm³/mol. The first-order chi connectivity index (χ1) is 15.7. The molecule has 0 aliphatic carbocycles. The van der Waals surface area contributed by atoms with E-state index in [2.05, 4.69) is 34.1 Å². The molecule has 2 aliphatic heterocycles. The molecule has 1 aromatic heterocycles. The Morgan fingerprint density at radius 2 is 1.78 bits per heavy atom. The fourth-order valence-electron chi connectivity index (χ4n) is 5.00. The Morgan fingerprint density at radius 3 is 2.66 bits per heavy atom. The third kappa shape index (κ3) is 3.63. The second kappa shape index (κ2) is 7.99. The summed E-state index contributed by atoms with van der Waals surface area (Å²) in [5.41, 5.74) is 3.35. The van der Waals surface area contributed by atoms with Crippen LogP contribution in [-0.2, 0) is 0 Å². The van der Waals surface area contributed by atoms with Gasteiger partial charge in [0.25, 0.3) is 0 Å². The lowest BCUT2D eigenvalue weighted by molar-refractivity contribution is 0.0969. The van der Waals surface area contributed by atoms with Crippen LogP contribution in [0.3, 0.4) is 0 Å². The van der Waals surface area contributed by atoms with Gasteiger partial charge in [0.1, 0.15) is 13.2 Å². The van der Waals surface area contributed by atoms with E-state index in [-0.39, 0.29) is 5.78 Å². The zero-order chi connectivity index (χ0) is 21.5. The number of likely N-dealkylation sites (tertiary alicyclic amines) is 1. The van der Waals surface area contributed by atoms with Crippen molar-refractivity contribution in [2.24, 2.45) is 0 Å². The van der Waals surface area contributed by atoms with Crippen LogP contribution in [0.2, 0.25) is 0 Å². The van der Waals surface area contributed by atoms with E-state index >= 15 is 0 Å². The minimum atomic E-state index is 0.194. The monoisotopic (exact) mass is 426 g/mol. The molecule has 6 rings (SSSR count). The Hall–Kier alpha value is -3.31. The van der Waals surface area contributed by atoms with E-state index in [4.69, 9.17) is 9.47 Å². The van der Waals surface area contributed by atoms with Gasteiger partial charge in [-0.05, 0) is 77.0 Å². The highest BCUT2D eigenvalue weighted by Gasteiger charge is 2.24. The van der Waals surface area contributed by atoms with E-state index in [1.807, 2.05) is 36.5 Å². The Bertz CT molecular complexity index is 1310. The van der Waals surface area contributed by atoms with E-state index in [0.29, 0.717) is 25.6 Å². The molecule has 0 saturated carbocycles. The molecule has 0 amide bonds. The van der Waals surface area contributed by atoms with Gasteiger partial charge in [0.2, 0.25) is 0 Å². The van der Waals surface area contributed by atoms with E-state index < -0.39 is 0 Å². The van der Waals surface area contributed by atoms with Gasteiger partial charge in [-0.15, -0.1) is 0 Å². The Kier molecular flexibility index (Phi) is 4.84. The summed E-state index contributed by atoms with van der Waals surface area (Å²) < 4.78 is 11.4. The topological polar surface area (TPSA) is 54.6 Å². The molecule has 1 saturated heterocycles. The number of benzene rings is 3. The lowest BCUT2D eigenvalue weighted by atomic mass is 9.97. The summed E-state index contributed by atoms with van der Waals surface area (Å²) in [6, 6.07) is 18.7. The van der Waals surface area contributed by atoms with Crippen molar-refractivity contribution in [2.75, 3.05) is 32.8 Å². The van der Waals surface area contributed by atoms with Crippen LogP contribution in [0.1, 0.15) is 34.7 Å². The average molecular weight is 427 g/mol. The highest BCUT2D eigenvalue weighted by atomic mass is 16.6. The minimum absolute atomic E-state index is 0.194. The van der Waals surface area contributed by atoms with Crippen molar-refractivity contribution in [1.29, 1.82) is 0 Å². The van der Waals surface area contributed by atoms with Gasteiger partial charge in [-0.1, -0.05) is 18.2 Å². The second-order valence-corrected chi connectivity index (χ2v) is 8.84. The summed E-state index contributed by atoms with van der Waals surface area (Å²) in [5, 5.41) is 3.35. The first kappa shape index (κ1) is 19.4. The van der Waals surface area contributed by atoms with Crippen LogP contribution in [0.4, 0.5) is 0 Å². The number of Topliss-reactive ketones (excluding diaryl/α,β-unsaturated/α-hetero) is 1. The molecule has 3 aromatic carbocycles. The molecule has 5 nitrogen and oxygen atoms in total. The standard InChI is InChI=1S/C27H26N2O3/c30-25(21-2-1-19-15-26-27(16-23(19)14-21)32-12-11-31-26)7-10-29-9-6-22(17-29)18-3-4-24-20(13-18)5-8-28-24/h1-5,8,13-16,22,28H,6-7,9-12,17H2. The summed E-state index contributed by atoms with van der Waals surface area (Å²) in [4.78, 5) is 18.6. The quantitative estimate of drug-likeness (QED) is 0.448. The number of rotatable bonds is 5. The first-order valence-corrected chi connectivity index (χ1v) is 11.4. The Labute approximate surface area is 186 Å². The molecule has 1 unspecified atom stereocenters. The summed E-state index contributed by atoms with van der Waals surface area (Å²) >= 11 is 0. The third-order valence-corrected chi connectivity index (χ3v) is 6.80. The minimum Gasteiger partial charge on any atom is -0.486 e. The molecule has 32 heavy (non-hydrogen) atoms. The molecule has 1 atom stereocenters. The highest BCUT2D eigenvalue weighted by Crippen LogP contribution is 2.35. The maximum atomic E-state index is 12.9. The lowest BCUT2D eigenvalue weighted by Crippen LogP contribution is -2.23. The summed E-state index contributed by atoms with van der Waals surface area (Å²) in [6.07, 6.45) is 3.68. The van der Waals surface area contributed by atoms with Crippen molar-refractivity contribution in [3.05, 3.63) is 71.9 Å². The van der Waals surface area contributed by atoms with Crippen molar-refractivity contribution in [3.63, 3.8) is 0 Å². The largest absolute Gasteiger partial charge is 0.486 e. The number of carbonyl (C=O) groups is 1. The molecule has 1 N–H and O–H groups in total. The van der Waals surface area contributed by atoms with Gasteiger partial charge in [-0.25, -0.2) is 0 Å². The van der Waals surface area contributed by atoms with Gasteiger partial charge in [0.05, 0.1) is 0 Å². The van der Waals surface area contributed by atoms with Crippen LogP contribution < -0.4 is 9.47 Å². The number of fused-ring (bicyclic) bond motifs is 3. The number of nitrogens with one attached hydrogen (secondary N) is 1. The highest BCUT2D eigenvalue weighted by molar-refractivity contribution is 6.00. The predicted octanol–water partition coefficient (Wildman–Crippen LogP) is 5.15. The fraction of sp³-hybridized carbons (Fsp3) is 0.296. The van der Waals surface area contributed by atoms with Gasteiger partial charge in [0.15, 0.2) is 17.3 Å². The van der Waals surface area contributed by atoms with Gasteiger partial charge in [-0.3, -0.25) is 4.79 Å². The Balaban J connectivity index is 1.10. The average Bonchev–Trinajstić information content (AvgIpc) is 3.50. The molecular weight excluding hydrogens is 400 g/mol. The normalized spacial score (nSPS) is 18.4. The van der Waals surface area contributed by atoms with Crippen LogP contribution in [0.15, 0.2) is 60.8 Å². The summed E-state index contributed by atoms with van der Waals surface area (Å²) in [5.74, 6) is 2.27. The van der Waals surface area contributed by atoms with E-state index in [0.717, 1.165) is 53.9 Å². The Morgan fingerprint density at radius 1 is 0.938 bits per heavy atom. The number of aromatic amines is 1. The zero-order valence-electron chi connectivity index (χ0n) is 18.0. The van der Waals surface area contributed by atoms with Crippen LogP contribution in [0, 0.1) is 0 Å². The molecule has 162 valence electrons. The molecule has 3 heterocycles. The number of ketones is 1. The zero-order valence-corrected chi connectivity index (χ0v) is 18.0. The number of hydrogen-bond donors (Lipinski definition) is 1. The van der Waals surface area contributed by atoms with Gasteiger partial charge in [0, 0.05) is 36.8 Å². The van der Waals surface area contributed by atoms with E-state index in [1.54, 1.807) is 0 Å². The summed E-state index contributed by atoms with van der Waals surface area (Å²) in [6.45, 7) is 4.01. The van der Waals surface area contributed by atoms with E-state index in [1.165, 1.54) is 16.5 Å². The van der Waals surface area contributed by atoms with Crippen LogP contribution in [-0.4, -0.2) is 48.5 Å². The summed E-state index contributed by atoms with van der Waals surface area (Å²) in [7, 11) is 0. The molecule has 0 bridgehead atoms. The van der Waals surface area contributed by atoms with Crippen molar-refractivity contribution >= 4 is 27.5 Å². The molecule has 0 spiro atoms. The number of hydrogen-bond acceptors (Lipinski definition) is 4. The van der Waals surface area contributed by atoms with Crippen LogP contribution >= 0.6 is 0 Å². The smallest absolute Gasteiger partial charge is 0.164 e. The first-order valence-electron chi connectivity index (χ1n) is 11.4. The van der Waals surface area contributed by atoms with Crippen molar-refractivity contribution in [3.8, 4) is 11.5 Å². The number of ether oxygens (including phenoxy) is 2. The maximum absolute atomic E-state index is 12.9. The van der Waals surface area contributed by atoms with Crippen LogP contribution in [0.25, 0.3) is 21.7 Å². The lowest BCUT2D eigenvalue weighted by Gasteiger charge is -2.19. The molecule has 5 heteroatoms. The number of aromatic nitrogens is 1. The molecule has 0 radical (unpaired) electrons. The second-order valence-electron chi connectivity index (χ2n) is 8.84.